The zero-order valence-corrected chi connectivity index (χ0v) is 13.7. The van der Waals surface area contributed by atoms with Gasteiger partial charge in [0.1, 0.15) is 11.6 Å². The van der Waals surface area contributed by atoms with Crippen molar-refractivity contribution in [2.45, 2.75) is 11.1 Å². The minimum atomic E-state index is -4.60. The smallest absolute Gasteiger partial charge is 0.416 e. The Kier molecular flexibility index (Phi) is 5.83. The molecule has 0 heterocycles. The van der Waals surface area contributed by atoms with Crippen LogP contribution in [0.3, 0.4) is 0 Å². The largest absolute Gasteiger partial charge is 0.484 e. The summed E-state index contributed by atoms with van der Waals surface area (Å²) in [4.78, 5) is 12.8. The Morgan fingerprint density at radius 1 is 1.08 bits per heavy atom. The number of sulfonamides is 1. The van der Waals surface area contributed by atoms with Gasteiger partial charge in [0.05, 0.1) is 10.5 Å². The summed E-state index contributed by atoms with van der Waals surface area (Å²) in [6.45, 7) is -0.612. The molecule has 0 radical (unpaired) electrons. The van der Waals surface area contributed by atoms with Crippen molar-refractivity contribution in [3.8, 4) is 5.75 Å². The van der Waals surface area contributed by atoms with Gasteiger partial charge in [-0.2, -0.15) is 13.2 Å². The number of rotatable bonds is 6. The fraction of sp³-hybridized carbons (Fsp3) is 0.133. The number of amides is 1. The zero-order chi connectivity index (χ0) is 19.4. The molecule has 0 unspecified atom stereocenters. The number of carbonyl (C=O) groups excluding carboxylic acids is 1. The lowest BCUT2D eigenvalue weighted by Gasteiger charge is -2.11. The molecule has 6 nitrogen and oxygen atoms in total. The molecule has 2 rings (SSSR count). The van der Waals surface area contributed by atoms with Gasteiger partial charge < -0.3 is 4.74 Å². The van der Waals surface area contributed by atoms with Crippen molar-refractivity contribution in [1.82, 2.24) is 10.3 Å². The Morgan fingerprint density at radius 2 is 1.73 bits per heavy atom. The molecule has 0 bridgehead atoms. The highest BCUT2D eigenvalue weighted by molar-refractivity contribution is 7.89. The van der Waals surface area contributed by atoms with E-state index in [4.69, 9.17) is 4.74 Å². The lowest BCUT2D eigenvalue weighted by molar-refractivity contribution is -0.137. The summed E-state index contributed by atoms with van der Waals surface area (Å²) < 4.78 is 79.1. The predicted octanol–water partition coefficient (Wildman–Crippen LogP) is 2.23. The molecule has 0 aliphatic heterocycles. The molecular weight excluding hydrogens is 380 g/mol. The number of hydrogen-bond acceptors (Lipinski definition) is 4. The second-order valence-corrected chi connectivity index (χ2v) is 6.60. The third-order valence-electron chi connectivity index (χ3n) is 2.98. The molecule has 11 heteroatoms. The highest BCUT2D eigenvalue weighted by Gasteiger charge is 2.30. The third-order valence-corrected chi connectivity index (χ3v) is 4.25. The zero-order valence-electron chi connectivity index (χ0n) is 12.9. The average molecular weight is 392 g/mol. The third kappa shape index (κ3) is 5.43. The molecule has 2 aromatic carbocycles. The normalized spacial score (nSPS) is 11.8. The highest BCUT2D eigenvalue weighted by atomic mass is 32.2. The van der Waals surface area contributed by atoms with Crippen LogP contribution in [-0.4, -0.2) is 20.9 Å². The van der Waals surface area contributed by atoms with Crippen molar-refractivity contribution in [3.63, 3.8) is 0 Å². The Bertz CT molecular complexity index is 883. The minimum Gasteiger partial charge on any atom is -0.484 e. The van der Waals surface area contributed by atoms with Crippen molar-refractivity contribution >= 4 is 15.9 Å². The fourth-order valence-corrected chi connectivity index (χ4v) is 2.61. The van der Waals surface area contributed by atoms with Crippen molar-refractivity contribution in [2.24, 2.45) is 0 Å². The van der Waals surface area contributed by atoms with Crippen LogP contribution in [0.4, 0.5) is 17.6 Å². The molecule has 2 aromatic rings. The second-order valence-electron chi connectivity index (χ2n) is 4.92. The first-order valence-corrected chi connectivity index (χ1v) is 8.42. The van der Waals surface area contributed by atoms with Gasteiger partial charge in [0.2, 0.25) is 0 Å². The van der Waals surface area contributed by atoms with E-state index < -0.39 is 45.0 Å². The quantitative estimate of drug-likeness (QED) is 0.583. The molecule has 0 aliphatic carbocycles. The maximum absolute atomic E-state index is 12.9. The fourth-order valence-electron chi connectivity index (χ4n) is 1.75. The van der Waals surface area contributed by atoms with Gasteiger partial charge >= 0.3 is 6.18 Å². The van der Waals surface area contributed by atoms with Crippen molar-refractivity contribution < 1.29 is 35.5 Å². The summed E-state index contributed by atoms with van der Waals surface area (Å²) in [6, 6.07) is 7.65. The summed E-state index contributed by atoms with van der Waals surface area (Å²) in [5.74, 6) is -1.42. The van der Waals surface area contributed by atoms with Gasteiger partial charge in [-0.25, -0.2) is 12.8 Å². The van der Waals surface area contributed by atoms with Gasteiger partial charge in [0.25, 0.3) is 15.9 Å². The maximum atomic E-state index is 12.9. The Labute approximate surface area is 145 Å². The molecule has 0 aromatic heterocycles. The van der Waals surface area contributed by atoms with Gasteiger partial charge in [-0.1, -0.05) is 6.07 Å². The highest BCUT2D eigenvalue weighted by Crippen LogP contribution is 2.29. The van der Waals surface area contributed by atoms with Gasteiger partial charge in [-0.15, -0.1) is 4.83 Å². The summed E-state index contributed by atoms with van der Waals surface area (Å²) in [6.07, 6.45) is -4.60. The van der Waals surface area contributed by atoms with Crippen LogP contribution in [0.5, 0.6) is 5.75 Å². The summed E-state index contributed by atoms with van der Waals surface area (Å²) in [5.41, 5.74) is 0.823. The molecule has 0 saturated heterocycles. The summed E-state index contributed by atoms with van der Waals surface area (Å²) >= 11 is 0. The van der Waals surface area contributed by atoms with E-state index in [1.54, 1.807) is 4.83 Å². The van der Waals surface area contributed by atoms with Gasteiger partial charge in [-0.05, 0) is 36.4 Å². The number of nitrogens with one attached hydrogen (secondary N) is 2. The van der Waals surface area contributed by atoms with Crippen molar-refractivity contribution in [1.29, 1.82) is 0 Å². The molecule has 0 spiro atoms. The van der Waals surface area contributed by atoms with Crippen LogP contribution in [0.1, 0.15) is 5.56 Å². The van der Waals surface area contributed by atoms with E-state index in [1.165, 1.54) is 18.2 Å². The number of benzene rings is 2. The van der Waals surface area contributed by atoms with Crippen molar-refractivity contribution in [2.75, 3.05) is 6.61 Å². The molecule has 140 valence electrons. The topological polar surface area (TPSA) is 84.5 Å². The van der Waals surface area contributed by atoms with E-state index in [1.807, 2.05) is 5.43 Å². The van der Waals surface area contributed by atoms with Gasteiger partial charge in [0, 0.05) is 6.07 Å². The maximum Gasteiger partial charge on any atom is 0.416 e. The first kappa shape index (κ1) is 19.7. The van der Waals surface area contributed by atoms with Crippen LogP contribution in [0.15, 0.2) is 53.4 Å². The molecule has 0 aliphatic rings. The average Bonchev–Trinajstić information content (AvgIpc) is 2.58. The first-order chi connectivity index (χ1) is 12.1. The molecule has 0 fully saturated rings. The van der Waals surface area contributed by atoms with Crippen molar-refractivity contribution in [3.05, 3.63) is 59.9 Å². The monoisotopic (exact) mass is 392 g/mol. The Morgan fingerprint density at radius 3 is 2.31 bits per heavy atom. The van der Waals surface area contributed by atoms with E-state index in [9.17, 15) is 30.8 Å². The molecule has 2 N–H and O–H groups in total. The number of hydrazine groups is 1. The number of alkyl halides is 3. The van der Waals surface area contributed by atoms with E-state index >= 15 is 0 Å². The molecule has 0 atom stereocenters. The predicted molar refractivity (Wildman–Crippen MR) is 81.8 cm³/mol. The first-order valence-electron chi connectivity index (χ1n) is 6.94. The standard InChI is InChI=1S/C15H12F4N2O4S/c16-11-2-1-3-12(8-11)25-9-14(22)20-21-26(23,24)13-6-4-10(5-7-13)15(17,18)19/h1-8,21H,9H2,(H,20,22). The van der Waals surface area contributed by atoms with Crippen LogP contribution in [0.2, 0.25) is 0 Å². The van der Waals surface area contributed by atoms with Crippen LogP contribution < -0.4 is 15.0 Å². The molecular formula is C15H12F4N2O4S. The molecule has 26 heavy (non-hydrogen) atoms. The number of carbonyl (C=O) groups is 1. The van der Waals surface area contributed by atoms with Crippen LogP contribution in [0, 0.1) is 5.82 Å². The Hall–Kier alpha value is -2.66. The number of hydrogen-bond donors (Lipinski definition) is 2. The summed E-state index contributed by atoms with van der Waals surface area (Å²) in [7, 11) is -4.27. The van der Waals surface area contributed by atoms with Crippen LogP contribution in [0.25, 0.3) is 0 Å². The summed E-state index contributed by atoms with van der Waals surface area (Å²) in [5, 5.41) is 0. The Balaban J connectivity index is 1.91. The van der Waals surface area contributed by atoms with Crippen LogP contribution in [-0.2, 0) is 21.0 Å². The lowest BCUT2D eigenvalue weighted by atomic mass is 10.2. The SMILES string of the molecule is O=C(COc1cccc(F)c1)NNS(=O)(=O)c1ccc(C(F)(F)F)cc1. The minimum absolute atomic E-state index is 0.0609. The van der Waals surface area contributed by atoms with E-state index in [0.717, 1.165) is 18.2 Å². The second kappa shape index (κ2) is 7.70. The number of halogens is 4. The van der Waals surface area contributed by atoms with E-state index in [2.05, 4.69) is 0 Å². The van der Waals surface area contributed by atoms with Gasteiger partial charge in [0.15, 0.2) is 6.61 Å². The lowest BCUT2D eigenvalue weighted by Crippen LogP contribution is -2.43. The van der Waals surface area contributed by atoms with Crippen LogP contribution >= 0.6 is 0 Å². The molecule has 1 amide bonds. The molecule has 0 saturated carbocycles. The van der Waals surface area contributed by atoms with Gasteiger partial charge in [-0.3, -0.25) is 10.2 Å². The van der Waals surface area contributed by atoms with E-state index in [0.29, 0.717) is 12.1 Å². The number of ether oxygens (including phenoxy) is 1. The van der Waals surface area contributed by atoms with E-state index in [-0.39, 0.29) is 5.75 Å².